The van der Waals surface area contributed by atoms with E-state index in [2.05, 4.69) is 0 Å². The highest BCUT2D eigenvalue weighted by atomic mass is 19.4. The maximum absolute atomic E-state index is 13.1. The Morgan fingerprint density at radius 1 is 1.20 bits per heavy atom. The number of carbonyl (C=O) groups excluding carboxylic acids is 2. The number of nitrogens with one attached hydrogen (secondary N) is 1. The summed E-state index contributed by atoms with van der Waals surface area (Å²) >= 11 is 0. The zero-order valence-corrected chi connectivity index (χ0v) is 15.7. The number of rotatable bonds is 5. The summed E-state index contributed by atoms with van der Waals surface area (Å²) < 4.78 is 48.7. The summed E-state index contributed by atoms with van der Waals surface area (Å²) in [5, 5.41) is 8.75. The number of alkyl halides is 3. The highest BCUT2D eigenvalue weighted by Gasteiger charge is 2.34. The molecule has 1 aliphatic heterocycles. The summed E-state index contributed by atoms with van der Waals surface area (Å²) in [7, 11) is 0. The first-order valence-corrected chi connectivity index (χ1v) is 9.01. The van der Waals surface area contributed by atoms with Crippen molar-refractivity contribution >= 4 is 11.8 Å². The van der Waals surface area contributed by atoms with Crippen LogP contribution in [0.25, 0.3) is 0 Å². The molecule has 7 nitrogen and oxygen atoms in total. The summed E-state index contributed by atoms with van der Waals surface area (Å²) in [5.74, 6) is -0.999. The quantitative estimate of drug-likeness (QED) is 0.569. The third-order valence-electron chi connectivity index (χ3n) is 4.46. The first-order valence-electron chi connectivity index (χ1n) is 9.01. The molecular formula is C20H19F3N2O5. The lowest BCUT2D eigenvalue weighted by molar-refractivity contribution is -0.191. The second-order valence-electron chi connectivity index (χ2n) is 6.59. The molecule has 2 amide bonds. The molecule has 2 N–H and O–H groups in total. The van der Waals surface area contributed by atoms with Crippen molar-refractivity contribution in [1.82, 2.24) is 10.4 Å². The lowest BCUT2D eigenvalue weighted by Crippen LogP contribution is -2.38. The van der Waals surface area contributed by atoms with E-state index in [-0.39, 0.29) is 25.3 Å². The van der Waals surface area contributed by atoms with Crippen molar-refractivity contribution in [2.75, 3.05) is 19.8 Å². The zero-order chi connectivity index (χ0) is 21.7. The van der Waals surface area contributed by atoms with E-state index in [4.69, 9.17) is 14.7 Å². The average Bonchev–Trinajstić information content (AvgIpc) is 2.95. The summed E-state index contributed by atoms with van der Waals surface area (Å²) in [6, 6.07) is 12.4. The Balaban J connectivity index is 1.83. The number of benzene rings is 2. The Morgan fingerprint density at radius 2 is 1.93 bits per heavy atom. The fourth-order valence-electron chi connectivity index (χ4n) is 3.05. The van der Waals surface area contributed by atoms with Crippen molar-refractivity contribution in [3.8, 4) is 5.75 Å². The molecule has 0 aliphatic carbocycles. The Labute approximate surface area is 170 Å². The van der Waals surface area contributed by atoms with Gasteiger partial charge in [0.05, 0.1) is 6.54 Å². The summed E-state index contributed by atoms with van der Waals surface area (Å²) in [6.45, 7) is -1.30. The molecule has 0 aromatic heterocycles. The van der Waals surface area contributed by atoms with Gasteiger partial charge in [-0.25, -0.2) is 5.48 Å². The molecule has 30 heavy (non-hydrogen) atoms. The highest BCUT2D eigenvalue weighted by molar-refractivity contribution is 5.93. The minimum atomic E-state index is -4.58. The number of ether oxygens (including phenoxy) is 2. The van der Waals surface area contributed by atoms with E-state index in [9.17, 15) is 22.8 Å². The molecule has 0 spiro atoms. The Kier molecular flexibility index (Phi) is 6.58. The molecule has 1 unspecified atom stereocenters. The normalized spacial score (nSPS) is 14.9. The minimum absolute atomic E-state index is 0.0634. The van der Waals surface area contributed by atoms with Crippen molar-refractivity contribution in [2.45, 2.75) is 18.8 Å². The fourth-order valence-corrected chi connectivity index (χ4v) is 3.05. The largest absolute Gasteiger partial charge is 0.491 e. The predicted molar refractivity (Wildman–Crippen MR) is 97.8 cm³/mol. The number of carbonyl (C=O) groups is 2. The van der Waals surface area contributed by atoms with Gasteiger partial charge in [0.2, 0.25) is 0 Å². The van der Waals surface area contributed by atoms with Crippen LogP contribution >= 0.6 is 0 Å². The monoisotopic (exact) mass is 424 g/mol. The van der Waals surface area contributed by atoms with Crippen molar-refractivity contribution in [1.29, 1.82) is 0 Å². The standard InChI is InChI=1S/C20H19F3N2O5/c21-20(22,23)12-30-17(13-4-2-1-3-5-13)19(27)25-8-9-29-16-10-14(18(26)24-28)6-7-15(16)11-25/h1-7,10,17,28H,8-9,11-12H2,(H,24,26). The lowest BCUT2D eigenvalue weighted by Gasteiger charge is -2.26. The summed E-state index contributed by atoms with van der Waals surface area (Å²) in [5.41, 5.74) is 2.56. The van der Waals surface area contributed by atoms with E-state index in [1.54, 1.807) is 24.3 Å². The average molecular weight is 424 g/mol. The number of amides is 2. The number of hydrogen-bond donors (Lipinski definition) is 2. The van der Waals surface area contributed by atoms with E-state index in [1.807, 2.05) is 0 Å². The molecule has 2 aromatic carbocycles. The first kappa shape index (κ1) is 21.6. The van der Waals surface area contributed by atoms with Crippen LogP contribution in [0.4, 0.5) is 13.2 Å². The van der Waals surface area contributed by atoms with Crippen LogP contribution in [0.3, 0.4) is 0 Å². The minimum Gasteiger partial charge on any atom is -0.491 e. The number of halogens is 3. The molecule has 0 radical (unpaired) electrons. The maximum atomic E-state index is 13.1. The zero-order valence-electron chi connectivity index (χ0n) is 15.7. The molecule has 1 atom stereocenters. The van der Waals surface area contributed by atoms with Crippen LogP contribution in [-0.4, -0.2) is 47.9 Å². The van der Waals surface area contributed by atoms with Gasteiger partial charge in [-0.1, -0.05) is 36.4 Å². The van der Waals surface area contributed by atoms with Crippen LogP contribution < -0.4 is 10.2 Å². The van der Waals surface area contributed by atoms with Crippen molar-refractivity contribution in [2.24, 2.45) is 0 Å². The predicted octanol–water partition coefficient (Wildman–Crippen LogP) is 2.85. The van der Waals surface area contributed by atoms with E-state index < -0.39 is 30.7 Å². The molecule has 1 aliphatic rings. The Bertz CT molecular complexity index is 905. The van der Waals surface area contributed by atoms with Gasteiger partial charge in [0.1, 0.15) is 19.0 Å². The number of hydroxylamine groups is 1. The lowest BCUT2D eigenvalue weighted by atomic mass is 10.1. The third-order valence-corrected chi connectivity index (χ3v) is 4.46. The summed E-state index contributed by atoms with van der Waals surface area (Å²) in [4.78, 5) is 26.0. The van der Waals surface area contributed by atoms with Gasteiger partial charge in [0, 0.05) is 17.7 Å². The van der Waals surface area contributed by atoms with Gasteiger partial charge >= 0.3 is 6.18 Å². The van der Waals surface area contributed by atoms with Gasteiger partial charge < -0.3 is 14.4 Å². The second kappa shape index (κ2) is 9.14. The van der Waals surface area contributed by atoms with Crippen LogP contribution in [0.2, 0.25) is 0 Å². The Hall–Kier alpha value is -3.11. The Morgan fingerprint density at radius 3 is 2.60 bits per heavy atom. The van der Waals surface area contributed by atoms with Gasteiger partial charge in [-0.3, -0.25) is 14.8 Å². The van der Waals surface area contributed by atoms with Crippen LogP contribution in [0, 0.1) is 0 Å². The van der Waals surface area contributed by atoms with Crippen LogP contribution in [-0.2, 0) is 16.1 Å². The molecule has 160 valence electrons. The van der Waals surface area contributed by atoms with E-state index in [1.165, 1.54) is 34.6 Å². The summed E-state index contributed by atoms with van der Waals surface area (Å²) in [6.07, 6.45) is -6.00. The van der Waals surface area contributed by atoms with Crippen LogP contribution in [0.5, 0.6) is 5.75 Å². The van der Waals surface area contributed by atoms with Crippen molar-refractivity contribution < 1.29 is 37.4 Å². The van der Waals surface area contributed by atoms with Crippen molar-refractivity contribution in [3.63, 3.8) is 0 Å². The van der Waals surface area contributed by atoms with E-state index in [0.717, 1.165) is 0 Å². The topological polar surface area (TPSA) is 88.1 Å². The highest BCUT2D eigenvalue weighted by Crippen LogP contribution is 2.29. The number of nitrogens with zero attached hydrogens (tertiary/aromatic N) is 1. The number of hydrogen-bond acceptors (Lipinski definition) is 5. The maximum Gasteiger partial charge on any atom is 0.411 e. The molecule has 0 saturated heterocycles. The van der Waals surface area contributed by atoms with Gasteiger partial charge in [-0.2, -0.15) is 13.2 Å². The number of fused-ring (bicyclic) bond motifs is 1. The van der Waals surface area contributed by atoms with Crippen molar-refractivity contribution in [3.05, 3.63) is 65.2 Å². The SMILES string of the molecule is O=C(NO)c1ccc2c(c1)OCCN(C(=O)C(OCC(F)(F)F)c1ccccc1)C2. The fraction of sp³-hybridized carbons (Fsp3) is 0.300. The van der Waals surface area contributed by atoms with E-state index >= 15 is 0 Å². The molecule has 3 rings (SSSR count). The van der Waals surface area contributed by atoms with Gasteiger partial charge in [-0.15, -0.1) is 0 Å². The first-order chi connectivity index (χ1) is 14.3. The van der Waals surface area contributed by atoms with Gasteiger partial charge in [0.15, 0.2) is 6.10 Å². The second-order valence-corrected chi connectivity index (χ2v) is 6.59. The molecule has 0 saturated carbocycles. The van der Waals surface area contributed by atoms with Crippen LogP contribution in [0.1, 0.15) is 27.6 Å². The third kappa shape index (κ3) is 5.28. The molecule has 10 heteroatoms. The smallest absolute Gasteiger partial charge is 0.411 e. The molecule has 0 bridgehead atoms. The van der Waals surface area contributed by atoms with Crippen LogP contribution in [0.15, 0.2) is 48.5 Å². The van der Waals surface area contributed by atoms with Gasteiger partial charge in [0.25, 0.3) is 11.8 Å². The molecule has 0 fully saturated rings. The molecular weight excluding hydrogens is 405 g/mol. The molecule has 1 heterocycles. The van der Waals surface area contributed by atoms with Gasteiger partial charge in [-0.05, 0) is 17.7 Å². The van der Waals surface area contributed by atoms with E-state index in [0.29, 0.717) is 16.9 Å². The molecule has 2 aromatic rings.